The molecule has 0 saturated heterocycles. The van der Waals surface area contributed by atoms with E-state index in [1.807, 2.05) is 0 Å². The topological polar surface area (TPSA) is 83.5 Å². The zero-order chi connectivity index (χ0) is 12.0. The fraction of sp³-hybridized carbons (Fsp3) is 0.900. The molecule has 0 unspecified atom stereocenters. The van der Waals surface area contributed by atoms with Gasteiger partial charge >= 0.3 is 5.97 Å². The molecule has 94 valence electrons. The lowest BCUT2D eigenvalue weighted by Crippen LogP contribution is -2.36. The number of nitrogens with one attached hydrogen (secondary N) is 1. The van der Waals surface area contributed by atoms with Gasteiger partial charge in [-0.1, -0.05) is 25.7 Å². The minimum absolute atomic E-state index is 0.00120. The summed E-state index contributed by atoms with van der Waals surface area (Å²) in [5.74, 6) is -1.40. The van der Waals surface area contributed by atoms with Crippen LogP contribution < -0.4 is 4.72 Å². The molecule has 1 fully saturated rings. The zero-order valence-corrected chi connectivity index (χ0v) is 10.1. The summed E-state index contributed by atoms with van der Waals surface area (Å²) in [6.45, 7) is 0. The van der Waals surface area contributed by atoms with E-state index in [1.54, 1.807) is 0 Å². The van der Waals surface area contributed by atoms with Gasteiger partial charge in [-0.2, -0.15) is 0 Å². The van der Waals surface area contributed by atoms with Crippen LogP contribution >= 0.6 is 0 Å². The van der Waals surface area contributed by atoms with Crippen LogP contribution in [0.15, 0.2) is 0 Å². The third-order valence-electron chi connectivity index (χ3n) is 2.79. The summed E-state index contributed by atoms with van der Waals surface area (Å²) in [5.41, 5.74) is 0. The fourth-order valence-corrected chi connectivity index (χ4v) is 3.24. The normalized spacial score (nSPS) is 19.2. The maximum absolute atomic E-state index is 11.5. The molecule has 6 heteroatoms. The van der Waals surface area contributed by atoms with Crippen molar-refractivity contribution >= 4 is 16.0 Å². The first kappa shape index (κ1) is 13.4. The van der Waals surface area contributed by atoms with Gasteiger partial charge in [0.25, 0.3) is 0 Å². The second-order valence-corrected chi connectivity index (χ2v) is 6.14. The molecule has 16 heavy (non-hydrogen) atoms. The molecule has 0 aliphatic heterocycles. The van der Waals surface area contributed by atoms with Gasteiger partial charge in [-0.25, -0.2) is 13.1 Å². The van der Waals surface area contributed by atoms with Crippen molar-refractivity contribution < 1.29 is 18.3 Å². The van der Waals surface area contributed by atoms with Gasteiger partial charge in [0.2, 0.25) is 10.0 Å². The van der Waals surface area contributed by atoms with Crippen molar-refractivity contribution in [3.8, 4) is 0 Å². The number of sulfonamides is 1. The van der Waals surface area contributed by atoms with E-state index < -0.39 is 16.0 Å². The van der Waals surface area contributed by atoms with Crippen LogP contribution in [0.3, 0.4) is 0 Å². The van der Waals surface area contributed by atoms with Crippen LogP contribution in [0, 0.1) is 0 Å². The molecule has 2 N–H and O–H groups in total. The van der Waals surface area contributed by atoms with Gasteiger partial charge < -0.3 is 5.11 Å². The average Bonchev–Trinajstić information content (AvgIpc) is 2.43. The first-order valence-electron chi connectivity index (χ1n) is 5.71. The Kier molecular flexibility index (Phi) is 5.21. The number of carboxylic acid groups (broad SMARTS) is 1. The van der Waals surface area contributed by atoms with Crippen molar-refractivity contribution in [2.75, 3.05) is 5.75 Å². The number of carbonyl (C=O) groups is 1. The molecule has 1 saturated carbocycles. The minimum atomic E-state index is -3.42. The van der Waals surface area contributed by atoms with Crippen molar-refractivity contribution in [1.82, 2.24) is 4.72 Å². The van der Waals surface area contributed by atoms with Crippen LogP contribution in [0.5, 0.6) is 0 Å². The Morgan fingerprint density at radius 2 is 1.75 bits per heavy atom. The van der Waals surface area contributed by atoms with Crippen LogP contribution in [0.1, 0.15) is 44.9 Å². The highest BCUT2D eigenvalue weighted by Gasteiger charge is 2.19. The predicted molar refractivity (Wildman–Crippen MR) is 60.7 cm³/mol. The van der Waals surface area contributed by atoms with E-state index in [1.165, 1.54) is 0 Å². The Balaban J connectivity index is 2.41. The van der Waals surface area contributed by atoms with E-state index in [0.717, 1.165) is 38.5 Å². The monoisotopic (exact) mass is 249 g/mol. The molecule has 1 rings (SSSR count). The minimum Gasteiger partial charge on any atom is -0.481 e. The van der Waals surface area contributed by atoms with E-state index in [0.29, 0.717) is 0 Å². The largest absolute Gasteiger partial charge is 0.481 e. The number of aliphatic carboxylic acids is 1. The van der Waals surface area contributed by atoms with E-state index >= 15 is 0 Å². The summed E-state index contributed by atoms with van der Waals surface area (Å²) >= 11 is 0. The maximum atomic E-state index is 11.5. The van der Waals surface area contributed by atoms with Gasteiger partial charge in [0.1, 0.15) is 0 Å². The predicted octanol–water partition coefficient (Wildman–Crippen LogP) is 1.10. The molecule has 1 aliphatic rings. The Morgan fingerprint density at radius 1 is 1.19 bits per heavy atom. The molecule has 0 aromatic heterocycles. The number of carboxylic acids is 1. The van der Waals surface area contributed by atoms with Crippen molar-refractivity contribution in [2.24, 2.45) is 0 Å². The molecule has 0 radical (unpaired) electrons. The van der Waals surface area contributed by atoms with Crippen LogP contribution in [-0.2, 0) is 14.8 Å². The van der Waals surface area contributed by atoms with Gasteiger partial charge in [0.15, 0.2) is 0 Å². The quantitative estimate of drug-likeness (QED) is 0.715. The molecule has 0 spiro atoms. The second-order valence-electron chi connectivity index (χ2n) is 4.27. The Morgan fingerprint density at radius 3 is 2.25 bits per heavy atom. The molecular weight excluding hydrogens is 230 g/mol. The Bertz CT molecular complexity index is 318. The molecular formula is C10H19NO4S. The van der Waals surface area contributed by atoms with Gasteiger partial charge in [0.05, 0.1) is 12.2 Å². The van der Waals surface area contributed by atoms with E-state index in [9.17, 15) is 13.2 Å². The Labute approximate surface area is 96.3 Å². The first-order chi connectivity index (χ1) is 7.49. The van der Waals surface area contributed by atoms with Gasteiger partial charge in [0, 0.05) is 6.04 Å². The highest BCUT2D eigenvalue weighted by Crippen LogP contribution is 2.17. The van der Waals surface area contributed by atoms with Crippen LogP contribution in [0.25, 0.3) is 0 Å². The van der Waals surface area contributed by atoms with Crippen LogP contribution in [0.2, 0.25) is 0 Å². The van der Waals surface area contributed by atoms with Crippen molar-refractivity contribution in [3.05, 3.63) is 0 Å². The van der Waals surface area contributed by atoms with Gasteiger partial charge in [-0.3, -0.25) is 4.79 Å². The summed E-state index contributed by atoms with van der Waals surface area (Å²) < 4.78 is 25.7. The Hall–Kier alpha value is -0.620. The molecule has 0 aromatic carbocycles. The molecule has 0 bridgehead atoms. The summed E-state index contributed by atoms with van der Waals surface area (Å²) in [7, 11) is -3.42. The summed E-state index contributed by atoms with van der Waals surface area (Å²) in [6.07, 6.45) is 5.82. The fourth-order valence-electron chi connectivity index (χ4n) is 1.93. The molecule has 1 aliphatic carbocycles. The SMILES string of the molecule is O=C(O)CCS(=O)(=O)NC1CCCCCC1. The van der Waals surface area contributed by atoms with E-state index in [4.69, 9.17) is 5.11 Å². The third kappa shape index (κ3) is 5.46. The molecule has 5 nitrogen and oxygen atoms in total. The van der Waals surface area contributed by atoms with Gasteiger partial charge in [-0.15, -0.1) is 0 Å². The maximum Gasteiger partial charge on any atom is 0.304 e. The van der Waals surface area contributed by atoms with Crippen molar-refractivity contribution in [2.45, 2.75) is 51.0 Å². The van der Waals surface area contributed by atoms with E-state index in [-0.39, 0.29) is 18.2 Å². The standard InChI is InChI=1S/C10H19NO4S/c12-10(13)7-8-16(14,15)11-9-5-3-1-2-4-6-9/h9,11H,1-8H2,(H,12,13). The first-order valence-corrected chi connectivity index (χ1v) is 7.36. The highest BCUT2D eigenvalue weighted by atomic mass is 32.2. The number of hydrogen-bond acceptors (Lipinski definition) is 3. The molecule has 0 aromatic rings. The van der Waals surface area contributed by atoms with E-state index in [2.05, 4.69) is 4.72 Å². The molecule has 0 heterocycles. The van der Waals surface area contributed by atoms with Crippen LogP contribution in [-0.4, -0.2) is 31.3 Å². The average molecular weight is 249 g/mol. The third-order valence-corrected chi connectivity index (χ3v) is 4.22. The van der Waals surface area contributed by atoms with Crippen molar-refractivity contribution in [1.29, 1.82) is 0 Å². The highest BCUT2D eigenvalue weighted by molar-refractivity contribution is 7.89. The zero-order valence-electron chi connectivity index (χ0n) is 9.31. The summed E-state index contributed by atoms with van der Waals surface area (Å²) in [6, 6.07) is 0.00120. The smallest absolute Gasteiger partial charge is 0.304 e. The lowest BCUT2D eigenvalue weighted by atomic mass is 10.1. The van der Waals surface area contributed by atoms with Crippen molar-refractivity contribution in [3.63, 3.8) is 0 Å². The molecule has 0 atom stereocenters. The van der Waals surface area contributed by atoms with Gasteiger partial charge in [-0.05, 0) is 12.8 Å². The summed E-state index contributed by atoms with van der Waals surface area (Å²) in [5, 5.41) is 8.44. The number of hydrogen-bond donors (Lipinski definition) is 2. The summed E-state index contributed by atoms with van der Waals surface area (Å²) in [4.78, 5) is 10.3. The number of rotatable bonds is 5. The lowest BCUT2D eigenvalue weighted by Gasteiger charge is -2.15. The lowest BCUT2D eigenvalue weighted by molar-refractivity contribution is -0.136. The molecule has 0 amide bonds. The second kappa shape index (κ2) is 6.20. The van der Waals surface area contributed by atoms with Crippen LogP contribution in [0.4, 0.5) is 0 Å².